The molecule has 0 fully saturated rings. The highest BCUT2D eigenvalue weighted by Crippen LogP contribution is 2.28. The molecule has 2 aromatic heterocycles. The molecule has 162 valence electrons. The van der Waals surface area contributed by atoms with Crippen LogP contribution in [0.1, 0.15) is 56.3 Å². The summed E-state index contributed by atoms with van der Waals surface area (Å²) in [5.74, 6) is -0.390. The van der Waals surface area contributed by atoms with Crippen molar-refractivity contribution in [2.75, 3.05) is 6.61 Å². The molecule has 0 aliphatic rings. The number of carbonyl (C=O) groups excluding carboxylic acids is 2. The van der Waals surface area contributed by atoms with Gasteiger partial charge in [-0.1, -0.05) is 13.8 Å². The summed E-state index contributed by atoms with van der Waals surface area (Å²) >= 11 is 0. The standard InChI is InChI=1S/C23H32N4O3/c1-6-30-21(28)9-20(27-23(29)19(24)7-14(2)3)17-8-18(13-26-12-17)22-15(4)10-25-11-16(22)5/h8,10-14,19-20H,6-7,9,24H2,1-5H3,(H,27,29)/t19-,20?/m0/s1. The van der Waals surface area contributed by atoms with Gasteiger partial charge in [0.25, 0.3) is 0 Å². The Morgan fingerprint density at radius 1 is 1.10 bits per heavy atom. The third-order valence-corrected chi connectivity index (χ3v) is 4.83. The fraction of sp³-hybridized carbons (Fsp3) is 0.478. The maximum Gasteiger partial charge on any atom is 0.308 e. The molecule has 7 nitrogen and oxygen atoms in total. The monoisotopic (exact) mass is 412 g/mol. The highest BCUT2D eigenvalue weighted by molar-refractivity contribution is 5.83. The Kier molecular flexibility index (Phi) is 8.47. The highest BCUT2D eigenvalue weighted by Gasteiger charge is 2.24. The Balaban J connectivity index is 2.36. The van der Waals surface area contributed by atoms with Crippen LogP contribution in [0.3, 0.4) is 0 Å². The molecule has 3 N–H and O–H groups in total. The zero-order valence-electron chi connectivity index (χ0n) is 18.4. The van der Waals surface area contributed by atoms with Gasteiger partial charge in [0.05, 0.1) is 25.1 Å². The summed E-state index contributed by atoms with van der Waals surface area (Å²) < 4.78 is 5.10. The van der Waals surface area contributed by atoms with Crippen molar-refractivity contribution in [1.82, 2.24) is 15.3 Å². The summed E-state index contributed by atoms with van der Waals surface area (Å²) in [4.78, 5) is 33.4. The molecule has 0 aliphatic carbocycles. The maximum absolute atomic E-state index is 12.6. The first-order valence-electron chi connectivity index (χ1n) is 10.3. The van der Waals surface area contributed by atoms with Crippen molar-refractivity contribution in [2.24, 2.45) is 11.7 Å². The first-order chi connectivity index (χ1) is 14.2. The molecule has 0 aliphatic heterocycles. The number of esters is 1. The fourth-order valence-corrected chi connectivity index (χ4v) is 3.47. The van der Waals surface area contributed by atoms with E-state index in [4.69, 9.17) is 10.5 Å². The minimum absolute atomic E-state index is 0.00736. The Labute approximate surface area is 178 Å². The Hall–Kier alpha value is -2.80. The van der Waals surface area contributed by atoms with E-state index in [2.05, 4.69) is 15.3 Å². The van der Waals surface area contributed by atoms with Gasteiger partial charge in [-0.25, -0.2) is 0 Å². The summed E-state index contributed by atoms with van der Waals surface area (Å²) in [7, 11) is 0. The van der Waals surface area contributed by atoms with Crippen LogP contribution in [0, 0.1) is 19.8 Å². The van der Waals surface area contributed by atoms with Crippen molar-refractivity contribution in [3.8, 4) is 11.1 Å². The number of amides is 1. The largest absolute Gasteiger partial charge is 0.466 e. The number of hydrogen-bond donors (Lipinski definition) is 2. The number of aryl methyl sites for hydroxylation is 2. The van der Waals surface area contributed by atoms with E-state index >= 15 is 0 Å². The molecule has 0 radical (unpaired) electrons. The number of aromatic nitrogens is 2. The SMILES string of the molecule is CCOC(=O)CC(NC(=O)[C@@H](N)CC(C)C)c1cncc(-c2c(C)cncc2C)c1. The number of rotatable bonds is 9. The van der Waals surface area contributed by atoms with Crippen molar-refractivity contribution < 1.29 is 14.3 Å². The molecule has 1 unspecified atom stereocenters. The van der Waals surface area contributed by atoms with Crippen molar-refractivity contribution >= 4 is 11.9 Å². The van der Waals surface area contributed by atoms with E-state index < -0.39 is 12.1 Å². The number of nitrogens with two attached hydrogens (primary N) is 1. The van der Waals surface area contributed by atoms with E-state index in [1.807, 2.05) is 33.8 Å². The lowest BCUT2D eigenvalue weighted by Gasteiger charge is -2.22. The molecule has 1 amide bonds. The van der Waals surface area contributed by atoms with Crippen LogP contribution in [0.25, 0.3) is 11.1 Å². The van der Waals surface area contributed by atoms with Gasteiger partial charge in [0.2, 0.25) is 5.91 Å². The lowest BCUT2D eigenvalue weighted by atomic mass is 9.96. The maximum atomic E-state index is 12.6. The van der Waals surface area contributed by atoms with Gasteiger partial charge in [-0.15, -0.1) is 0 Å². The van der Waals surface area contributed by atoms with Gasteiger partial charge >= 0.3 is 5.97 Å². The lowest BCUT2D eigenvalue weighted by molar-refractivity contribution is -0.143. The third-order valence-electron chi connectivity index (χ3n) is 4.83. The second-order valence-electron chi connectivity index (χ2n) is 7.96. The predicted molar refractivity (Wildman–Crippen MR) is 117 cm³/mol. The number of hydrogen-bond acceptors (Lipinski definition) is 6. The fourth-order valence-electron chi connectivity index (χ4n) is 3.47. The van der Waals surface area contributed by atoms with Gasteiger partial charge in [-0.05, 0) is 61.4 Å². The first-order valence-corrected chi connectivity index (χ1v) is 10.3. The van der Waals surface area contributed by atoms with E-state index in [1.165, 1.54) is 0 Å². The second-order valence-corrected chi connectivity index (χ2v) is 7.96. The average molecular weight is 413 g/mol. The van der Waals surface area contributed by atoms with Crippen LogP contribution in [-0.4, -0.2) is 34.5 Å². The van der Waals surface area contributed by atoms with E-state index in [-0.39, 0.29) is 30.8 Å². The normalized spacial score (nSPS) is 13.0. The van der Waals surface area contributed by atoms with Crippen LogP contribution in [0.5, 0.6) is 0 Å². The first kappa shape index (κ1) is 23.5. The molecule has 0 bridgehead atoms. The van der Waals surface area contributed by atoms with Crippen LogP contribution in [0.2, 0.25) is 0 Å². The van der Waals surface area contributed by atoms with Gasteiger partial charge in [0.1, 0.15) is 0 Å². The Morgan fingerprint density at radius 3 is 2.33 bits per heavy atom. The topological polar surface area (TPSA) is 107 Å². The zero-order valence-corrected chi connectivity index (χ0v) is 18.4. The van der Waals surface area contributed by atoms with Gasteiger partial charge in [-0.3, -0.25) is 19.6 Å². The van der Waals surface area contributed by atoms with Crippen LogP contribution < -0.4 is 11.1 Å². The van der Waals surface area contributed by atoms with E-state index in [9.17, 15) is 9.59 Å². The van der Waals surface area contributed by atoms with Crippen molar-refractivity contribution in [3.05, 3.63) is 47.5 Å². The minimum atomic E-state index is -0.643. The summed E-state index contributed by atoms with van der Waals surface area (Å²) in [5.41, 5.74) is 10.8. The zero-order chi connectivity index (χ0) is 22.3. The van der Waals surface area contributed by atoms with Crippen LogP contribution in [-0.2, 0) is 14.3 Å². The van der Waals surface area contributed by atoms with Gasteiger partial charge in [-0.2, -0.15) is 0 Å². The van der Waals surface area contributed by atoms with E-state index in [1.54, 1.807) is 31.7 Å². The number of carbonyl (C=O) groups is 2. The molecule has 30 heavy (non-hydrogen) atoms. The van der Waals surface area contributed by atoms with Gasteiger partial charge in [0, 0.05) is 30.4 Å². The van der Waals surface area contributed by atoms with Crippen molar-refractivity contribution in [3.63, 3.8) is 0 Å². The number of pyridine rings is 2. The Morgan fingerprint density at radius 2 is 1.73 bits per heavy atom. The van der Waals surface area contributed by atoms with Gasteiger partial charge < -0.3 is 15.8 Å². The predicted octanol–water partition coefficient (Wildman–Crippen LogP) is 3.24. The lowest BCUT2D eigenvalue weighted by Crippen LogP contribution is -2.43. The molecule has 2 heterocycles. The number of ether oxygens (including phenoxy) is 1. The molecule has 2 rings (SSSR count). The molecule has 2 aromatic rings. The molecular formula is C23H32N4O3. The number of nitrogens with zero attached hydrogens (tertiary/aromatic N) is 2. The molecular weight excluding hydrogens is 380 g/mol. The molecule has 0 spiro atoms. The van der Waals surface area contributed by atoms with E-state index in [0.717, 1.165) is 27.8 Å². The Bertz CT molecular complexity index is 862. The average Bonchev–Trinajstić information content (AvgIpc) is 2.67. The van der Waals surface area contributed by atoms with E-state index in [0.29, 0.717) is 6.42 Å². The van der Waals surface area contributed by atoms with Crippen LogP contribution in [0.15, 0.2) is 30.9 Å². The molecule has 0 saturated heterocycles. The van der Waals surface area contributed by atoms with Crippen molar-refractivity contribution in [2.45, 2.75) is 59.5 Å². The summed E-state index contributed by atoms with van der Waals surface area (Å²) in [5, 5.41) is 2.92. The molecule has 2 atom stereocenters. The third kappa shape index (κ3) is 6.35. The van der Waals surface area contributed by atoms with Crippen molar-refractivity contribution in [1.29, 1.82) is 0 Å². The second kappa shape index (κ2) is 10.8. The quantitative estimate of drug-likeness (QED) is 0.612. The van der Waals surface area contributed by atoms with Crippen LogP contribution in [0.4, 0.5) is 0 Å². The summed E-state index contributed by atoms with van der Waals surface area (Å²) in [6.07, 6.45) is 7.61. The molecule has 7 heteroatoms. The highest BCUT2D eigenvalue weighted by atomic mass is 16.5. The summed E-state index contributed by atoms with van der Waals surface area (Å²) in [6.45, 7) is 10.0. The van der Waals surface area contributed by atoms with Crippen LogP contribution >= 0.6 is 0 Å². The van der Waals surface area contributed by atoms with Gasteiger partial charge in [0.15, 0.2) is 0 Å². The smallest absolute Gasteiger partial charge is 0.308 e. The molecule has 0 saturated carbocycles. The summed E-state index contributed by atoms with van der Waals surface area (Å²) in [6, 6.07) is 0.723. The number of nitrogens with one attached hydrogen (secondary N) is 1. The molecule has 0 aromatic carbocycles. The minimum Gasteiger partial charge on any atom is -0.466 e.